The third-order valence-electron chi connectivity index (χ3n) is 7.13. The minimum absolute atomic E-state index is 0.0688. The van der Waals surface area contributed by atoms with Crippen LogP contribution in [0.1, 0.15) is 35.6 Å². The largest absolute Gasteiger partial charge is 0.390 e. The summed E-state index contributed by atoms with van der Waals surface area (Å²) in [5, 5.41) is 15.0. The Hall–Kier alpha value is -1.79. The zero-order valence-corrected chi connectivity index (χ0v) is 16.4. The number of aliphatic hydroxyl groups excluding tert-OH is 1. The maximum Gasteiger partial charge on any atom is 0.0834 e. The normalized spacial score (nSPS) is 27.8. The van der Waals surface area contributed by atoms with Crippen molar-refractivity contribution in [3.05, 3.63) is 65.5 Å². The SMILES string of the molecule is O[C@@H]1[C@@H](N2CCN(Cc3ccncc3)CC2)c2ccccc2C12CCNCC2. The minimum Gasteiger partial charge on any atom is -0.390 e. The van der Waals surface area contributed by atoms with Crippen molar-refractivity contribution in [3.63, 3.8) is 0 Å². The lowest BCUT2D eigenvalue weighted by molar-refractivity contribution is -0.0188. The zero-order valence-electron chi connectivity index (χ0n) is 16.4. The molecule has 2 fully saturated rings. The highest BCUT2D eigenvalue weighted by Gasteiger charge is 2.53. The molecular formula is C23H30N4O. The lowest BCUT2D eigenvalue weighted by Crippen LogP contribution is -2.52. The smallest absolute Gasteiger partial charge is 0.0834 e. The highest BCUT2D eigenvalue weighted by Crippen LogP contribution is 2.52. The van der Waals surface area contributed by atoms with Crippen molar-refractivity contribution in [2.75, 3.05) is 39.3 Å². The van der Waals surface area contributed by atoms with Crippen LogP contribution in [-0.2, 0) is 12.0 Å². The van der Waals surface area contributed by atoms with E-state index in [4.69, 9.17) is 0 Å². The molecule has 0 saturated carbocycles. The fourth-order valence-corrected chi connectivity index (χ4v) is 5.62. The maximum atomic E-state index is 11.5. The minimum atomic E-state index is -0.307. The Morgan fingerprint density at radius 1 is 1.00 bits per heavy atom. The van der Waals surface area contributed by atoms with E-state index in [0.717, 1.165) is 58.7 Å². The van der Waals surface area contributed by atoms with Gasteiger partial charge in [-0.2, -0.15) is 0 Å². The average molecular weight is 379 g/mol. The van der Waals surface area contributed by atoms with E-state index in [1.54, 1.807) is 0 Å². The van der Waals surface area contributed by atoms with Crippen molar-refractivity contribution in [2.45, 2.75) is 36.9 Å². The van der Waals surface area contributed by atoms with Gasteiger partial charge in [0.25, 0.3) is 0 Å². The van der Waals surface area contributed by atoms with Crippen molar-refractivity contribution < 1.29 is 5.11 Å². The maximum absolute atomic E-state index is 11.5. The van der Waals surface area contributed by atoms with Gasteiger partial charge in [-0.05, 0) is 54.8 Å². The molecule has 2 aromatic rings. The molecule has 5 nitrogen and oxygen atoms in total. The van der Waals surface area contributed by atoms with Gasteiger partial charge in [0.1, 0.15) is 0 Å². The number of aromatic nitrogens is 1. The number of fused-ring (bicyclic) bond motifs is 2. The van der Waals surface area contributed by atoms with Gasteiger partial charge in [0.2, 0.25) is 0 Å². The predicted octanol–water partition coefficient (Wildman–Crippen LogP) is 1.94. The summed E-state index contributed by atoms with van der Waals surface area (Å²) in [5.74, 6) is 0. The van der Waals surface area contributed by atoms with Gasteiger partial charge in [-0.15, -0.1) is 0 Å². The van der Waals surface area contributed by atoms with Crippen molar-refractivity contribution >= 4 is 0 Å². The van der Waals surface area contributed by atoms with Crippen molar-refractivity contribution in [1.82, 2.24) is 20.1 Å². The molecule has 2 N–H and O–H groups in total. The Kier molecular flexibility index (Phi) is 4.93. The second kappa shape index (κ2) is 7.56. The van der Waals surface area contributed by atoms with Crippen LogP contribution in [0.2, 0.25) is 0 Å². The van der Waals surface area contributed by atoms with Crippen LogP contribution in [0.25, 0.3) is 0 Å². The average Bonchev–Trinajstić information content (AvgIpc) is 2.98. The molecule has 28 heavy (non-hydrogen) atoms. The fraction of sp³-hybridized carbons (Fsp3) is 0.522. The summed E-state index contributed by atoms with van der Waals surface area (Å²) in [6, 6.07) is 13.1. The Morgan fingerprint density at radius 2 is 1.71 bits per heavy atom. The molecule has 1 aliphatic carbocycles. The first-order valence-electron chi connectivity index (χ1n) is 10.6. The summed E-state index contributed by atoms with van der Waals surface area (Å²) in [7, 11) is 0. The Bertz CT molecular complexity index is 797. The van der Waals surface area contributed by atoms with Crippen LogP contribution in [0.15, 0.2) is 48.8 Å². The number of rotatable bonds is 3. The number of piperazine rings is 1. The van der Waals surface area contributed by atoms with Crippen LogP contribution < -0.4 is 5.32 Å². The van der Waals surface area contributed by atoms with Gasteiger partial charge in [0.05, 0.1) is 12.1 Å². The molecule has 0 amide bonds. The number of hydrogen-bond donors (Lipinski definition) is 2. The van der Waals surface area contributed by atoms with Crippen LogP contribution in [0.5, 0.6) is 0 Å². The van der Waals surface area contributed by atoms with E-state index in [-0.39, 0.29) is 17.6 Å². The van der Waals surface area contributed by atoms with Gasteiger partial charge >= 0.3 is 0 Å². The van der Waals surface area contributed by atoms with E-state index in [2.05, 4.69) is 56.5 Å². The van der Waals surface area contributed by atoms with Crippen LogP contribution in [0.3, 0.4) is 0 Å². The number of piperidine rings is 1. The van der Waals surface area contributed by atoms with E-state index >= 15 is 0 Å². The number of nitrogens with one attached hydrogen (secondary N) is 1. The van der Waals surface area contributed by atoms with E-state index in [1.807, 2.05) is 12.4 Å². The molecule has 148 valence electrons. The molecule has 1 spiro atoms. The first-order chi connectivity index (χ1) is 13.8. The van der Waals surface area contributed by atoms with Gasteiger partial charge < -0.3 is 10.4 Å². The number of pyridine rings is 1. The van der Waals surface area contributed by atoms with Crippen molar-refractivity contribution in [1.29, 1.82) is 0 Å². The lowest BCUT2D eigenvalue weighted by Gasteiger charge is -2.43. The molecule has 3 aliphatic rings. The van der Waals surface area contributed by atoms with E-state index < -0.39 is 0 Å². The Balaban J connectivity index is 1.33. The van der Waals surface area contributed by atoms with Gasteiger partial charge in [-0.3, -0.25) is 14.8 Å². The third-order valence-corrected chi connectivity index (χ3v) is 7.13. The van der Waals surface area contributed by atoms with Crippen molar-refractivity contribution in [2.24, 2.45) is 0 Å². The quantitative estimate of drug-likeness (QED) is 0.855. The molecule has 3 heterocycles. The first-order valence-corrected chi connectivity index (χ1v) is 10.6. The molecule has 0 bridgehead atoms. The molecule has 5 rings (SSSR count). The third kappa shape index (κ3) is 3.07. The first kappa shape index (κ1) is 18.3. The van der Waals surface area contributed by atoms with Gasteiger partial charge in [0.15, 0.2) is 0 Å². The Morgan fingerprint density at radius 3 is 2.46 bits per heavy atom. The predicted molar refractivity (Wildman–Crippen MR) is 110 cm³/mol. The molecule has 1 aromatic carbocycles. The van der Waals surface area contributed by atoms with Crippen molar-refractivity contribution in [3.8, 4) is 0 Å². The van der Waals surface area contributed by atoms with Crippen LogP contribution in [0, 0.1) is 0 Å². The van der Waals surface area contributed by atoms with E-state index in [9.17, 15) is 5.11 Å². The molecule has 2 atom stereocenters. The van der Waals surface area contributed by atoms with E-state index in [0.29, 0.717) is 0 Å². The summed E-state index contributed by atoms with van der Waals surface area (Å²) < 4.78 is 0. The van der Waals surface area contributed by atoms with Gasteiger partial charge in [0, 0.05) is 50.5 Å². The monoisotopic (exact) mass is 378 g/mol. The second-order valence-corrected chi connectivity index (χ2v) is 8.55. The summed E-state index contributed by atoms with van der Waals surface area (Å²) in [5.41, 5.74) is 4.01. The zero-order chi connectivity index (χ0) is 19.0. The molecule has 5 heteroatoms. The summed E-state index contributed by atoms with van der Waals surface area (Å²) in [6.45, 7) is 7.08. The van der Waals surface area contributed by atoms with Crippen LogP contribution >= 0.6 is 0 Å². The molecule has 1 aromatic heterocycles. The fourth-order valence-electron chi connectivity index (χ4n) is 5.62. The topological polar surface area (TPSA) is 51.6 Å². The summed E-state index contributed by atoms with van der Waals surface area (Å²) in [6.07, 6.45) is 5.50. The lowest BCUT2D eigenvalue weighted by atomic mass is 9.72. The van der Waals surface area contributed by atoms with Crippen LogP contribution in [-0.4, -0.2) is 65.3 Å². The summed E-state index contributed by atoms with van der Waals surface area (Å²) >= 11 is 0. The number of hydrogen-bond acceptors (Lipinski definition) is 5. The Labute approximate surface area is 167 Å². The number of aliphatic hydroxyl groups is 1. The molecular weight excluding hydrogens is 348 g/mol. The number of benzene rings is 1. The molecule has 2 aliphatic heterocycles. The second-order valence-electron chi connectivity index (χ2n) is 8.55. The van der Waals surface area contributed by atoms with Crippen LogP contribution in [0.4, 0.5) is 0 Å². The molecule has 0 radical (unpaired) electrons. The molecule has 2 saturated heterocycles. The summed E-state index contributed by atoms with van der Waals surface area (Å²) in [4.78, 5) is 9.16. The van der Waals surface area contributed by atoms with Gasteiger partial charge in [-0.25, -0.2) is 0 Å². The highest BCUT2D eigenvalue weighted by atomic mass is 16.3. The van der Waals surface area contributed by atoms with E-state index in [1.165, 1.54) is 16.7 Å². The standard InChI is InChI=1S/C23H30N4O/c28-22-21(19-3-1-2-4-20(19)23(22)7-11-25-12-8-23)27-15-13-26(14-16-27)17-18-5-9-24-10-6-18/h1-6,9-10,21-22,25,28H,7-8,11-17H2/t21-,22+/m0/s1. The number of nitrogens with zero attached hydrogens (tertiary/aromatic N) is 3. The van der Waals surface area contributed by atoms with Gasteiger partial charge in [-0.1, -0.05) is 24.3 Å². The molecule has 0 unspecified atom stereocenters. The highest BCUT2D eigenvalue weighted by molar-refractivity contribution is 5.45.